The molecule has 0 amide bonds. The van der Waals surface area contributed by atoms with Crippen LogP contribution >= 0.6 is 11.3 Å². The van der Waals surface area contributed by atoms with Crippen molar-refractivity contribution in [1.82, 2.24) is 10.3 Å². The van der Waals surface area contributed by atoms with E-state index in [0.717, 1.165) is 24.6 Å². The van der Waals surface area contributed by atoms with Crippen LogP contribution in [0.25, 0.3) is 0 Å². The number of hydrogen-bond donors (Lipinski definition) is 2. The maximum atomic E-state index is 6.08. The van der Waals surface area contributed by atoms with Crippen molar-refractivity contribution in [3.05, 3.63) is 16.6 Å². The van der Waals surface area contributed by atoms with Gasteiger partial charge in [-0.15, -0.1) is 11.3 Å². The lowest BCUT2D eigenvalue weighted by Gasteiger charge is -2.29. The molecule has 0 aromatic carbocycles. The smallest absolute Gasteiger partial charge is 0.109 e. The Hall–Kier alpha value is -0.490. The van der Waals surface area contributed by atoms with Crippen LogP contribution in [0.5, 0.6) is 0 Å². The number of nitrogens with two attached hydrogens (primary N) is 1. The van der Waals surface area contributed by atoms with E-state index >= 15 is 0 Å². The van der Waals surface area contributed by atoms with E-state index in [4.69, 9.17) is 10.5 Å². The van der Waals surface area contributed by atoms with Gasteiger partial charge < -0.3 is 15.8 Å². The van der Waals surface area contributed by atoms with Gasteiger partial charge in [0.25, 0.3) is 0 Å². The first-order chi connectivity index (χ1) is 8.15. The molecule has 2 heterocycles. The van der Waals surface area contributed by atoms with Gasteiger partial charge in [-0.05, 0) is 6.42 Å². The first-order valence-corrected chi connectivity index (χ1v) is 7.00. The third-order valence-corrected chi connectivity index (χ3v) is 4.42. The number of rotatable bonds is 5. The van der Waals surface area contributed by atoms with Crippen LogP contribution < -0.4 is 11.1 Å². The fourth-order valence-corrected chi connectivity index (χ4v) is 2.88. The van der Waals surface area contributed by atoms with Crippen LogP contribution in [0, 0.1) is 5.41 Å². The van der Waals surface area contributed by atoms with Crippen molar-refractivity contribution in [2.45, 2.75) is 32.4 Å². The van der Waals surface area contributed by atoms with Gasteiger partial charge in [0.1, 0.15) is 5.01 Å². The predicted octanol–water partition coefficient (Wildman–Crippen LogP) is 1.55. The normalized spacial score (nSPS) is 30.6. The molecule has 3 atom stereocenters. The van der Waals surface area contributed by atoms with Gasteiger partial charge in [-0.1, -0.05) is 13.8 Å². The topological polar surface area (TPSA) is 60.2 Å². The Kier molecular flexibility index (Phi) is 4.14. The van der Waals surface area contributed by atoms with E-state index in [2.05, 4.69) is 24.1 Å². The van der Waals surface area contributed by atoms with Crippen LogP contribution in [-0.4, -0.2) is 30.8 Å². The molecule has 17 heavy (non-hydrogen) atoms. The van der Waals surface area contributed by atoms with Gasteiger partial charge in [0, 0.05) is 29.6 Å². The first kappa shape index (κ1) is 13.0. The SMILES string of the molecule is CCC(NCC1(C)COCC1N)c1nccs1. The van der Waals surface area contributed by atoms with Crippen molar-refractivity contribution in [1.29, 1.82) is 0 Å². The van der Waals surface area contributed by atoms with Gasteiger partial charge in [0.2, 0.25) is 0 Å². The summed E-state index contributed by atoms with van der Waals surface area (Å²) < 4.78 is 5.45. The van der Waals surface area contributed by atoms with Crippen molar-refractivity contribution in [3.63, 3.8) is 0 Å². The first-order valence-electron chi connectivity index (χ1n) is 6.12. The molecule has 1 fully saturated rings. The minimum atomic E-state index is 0.0463. The summed E-state index contributed by atoms with van der Waals surface area (Å²) in [6.07, 6.45) is 2.90. The monoisotopic (exact) mass is 255 g/mol. The van der Waals surface area contributed by atoms with E-state index in [9.17, 15) is 0 Å². The van der Waals surface area contributed by atoms with Crippen LogP contribution in [0.4, 0.5) is 0 Å². The maximum Gasteiger partial charge on any atom is 0.109 e. The van der Waals surface area contributed by atoms with Gasteiger partial charge in [-0.2, -0.15) is 0 Å². The summed E-state index contributed by atoms with van der Waals surface area (Å²) >= 11 is 1.70. The second kappa shape index (κ2) is 5.44. The standard InChI is InChI=1S/C12H21N3OS/c1-3-9(11-14-4-5-17-11)15-7-12(2)8-16-6-10(12)13/h4-5,9-10,15H,3,6-8,13H2,1-2H3. The van der Waals surface area contributed by atoms with E-state index in [1.54, 1.807) is 11.3 Å². The molecule has 1 aromatic rings. The van der Waals surface area contributed by atoms with Crippen molar-refractivity contribution in [2.75, 3.05) is 19.8 Å². The Morgan fingerprint density at radius 1 is 1.76 bits per heavy atom. The molecule has 5 heteroatoms. The molecule has 3 unspecified atom stereocenters. The molecular weight excluding hydrogens is 234 g/mol. The highest BCUT2D eigenvalue weighted by atomic mass is 32.1. The fraction of sp³-hybridized carbons (Fsp3) is 0.750. The molecule has 1 saturated heterocycles. The van der Waals surface area contributed by atoms with Gasteiger partial charge in [-0.3, -0.25) is 0 Å². The zero-order valence-electron chi connectivity index (χ0n) is 10.5. The van der Waals surface area contributed by atoms with Crippen LogP contribution in [-0.2, 0) is 4.74 Å². The van der Waals surface area contributed by atoms with Gasteiger partial charge in [0.15, 0.2) is 0 Å². The minimum Gasteiger partial charge on any atom is -0.379 e. The highest BCUT2D eigenvalue weighted by Crippen LogP contribution is 2.28. The van der Waals surface area contributed by atoms with E-state index < -0.39 is 0 Å². The summed E-state index contributed by atoms with van der Waals surface area (Å²) in [6.45, 7) is 6.66. The number of hydrogen-bond acceptors (Lipinski definition) is 5. The Labute approximate surface area is 107 Å². The molecule has 0 spiro atoms. The van der Waals surface area contributed by atoms with Crippen LogP contribution in [0.15, 0.2) is 11.6 Å². The Bertz CT molecular complexity index is 344. The second-order valence-electron chi connectivity index (χ2n) is 4.99. The molecule has 3 N–H and O–H groups in total. The lowest BCUT2D eigenvalue weighted by atomic mass is 9.85. The molecule has 0 bridgehead atoms. The zero-order chi connectivity index (χ0) is 12.3. The highest BCUT2D eigenvalue weighted by molar-refractivity contribution is 7.09. The Morgan fingerprint density at radius 2 is 2.59 bits per heavy atom. The number of nitrogens with zero attached hydrogens (tertiary/aromatic N) is 1. The molecule has 0 saturated carbocycles. The molecule has 0 aliphatic carbocycles. The van der Waals surface area contributed by atoms with Gasteiger partial charge >= 0.3 is 0 Å². The second-order valence-corrected chi connectivity index (χ2v) is 5.91. The van der Waals surface area contributed by atoms with E-state index in [0.29, 0.717) is 12.6 Å². The number of thiazole rings is 1. The molecule has 1 aliphatic heterocycles. The van der Waals surface area contributed by atoms with E-state index in [1.807, 2.05) is 11.6 Å². The van der Waals surface area contributed by atoms with Crippen LogP contribution in [0.1, 0.15) is 31.3 Å². The third kappa shape index (κ3) is 2.85. The average molecular weight is 255 g/mol. The van der Waals surface area contributed by atoms with Gasteiger partial charge in [-0.25, -0.2) is 4.98 Å². The molecular formula is C12H21N3OS. The largest absolute Gasteiger partial charge is 0.379 e. The van der Waals surface area contributed by atoms with Crippen molar-refractivity contribution < 1.29 is 4.74 Å². The van der Waals surface area contributed by atoms with Crippen molar-refractivity contribution in [2.24, 2.45) is 11.1 Å². The minimum absolute atomic E-state index is 0.0463. The third-order valence-electron chi connectivity index (χ3n) is 3.53. The molecule has 2 rings (SSSR count). The highest BCUT2D eigenvalue weighted by Gasteiger charge is 2.37. The summed E-state index contributed by atoms with van der Waals surface area (Å²) in [7, 11) is 0. The number of aromatic nitrogens is 1. The average Bonchev–Trinajstić information content (AvgIpc) is 2.92. The van der Waals surface area contributed by atoms with Crippen LogP contribution in [0.3, 0.4) is 0 Å². The summed E-state index contributed by atoms with van der Waals surface area (Å²) in [5, 5.41) is 6.75. The van der Waals surface area contributed by atoms with E-state index in [1.165, 1.54) is 0 Å². The fourth-order valence-electron chi connectivity index (χ4n) is 2.08. The van der Waals surface area contributed by atoms with Crippen molar-refractivity contribution in [3.8, 4) is 0 Å². The molecule has 96 valence electrons. The molecule has 0 radical (unpaired) electrons. The number of nitrogens with one attached hydrogen (secondary N) is 1. The van der Waals surface area contributed by atoms with Gasteiger partial charge in [0.05, 0.1) is 19.3 Å². The lowest BCUT2D eigenvalue weighted by Crippen LogP contribution is -2.46. The summed E-state index contributed by atoms with van der Waals surface area (Å²) in [6, 6.07) is 0.462. The summed E-state index contributed by atoms with van der Waals surface area (Å²) in [4.78, 5) is 4.37. The zero-order valence-corrected chi connectivity index (χ0v) is 11.3. The predicted molar refractivity (Wildman–Crippen MR) is 70.1 cm³/mol. The quantitative estimate of drug-likeness (QED) is 0.838. The molecule has 4 nitrogen and oxygen atoms in total. The molecule has 1 aromatic heterocycles. The Morgan fingerprint density at radius 3 is 3.12 bits per heavy atom. The maximum absolute atomic E-state index is 6.08. The summed E-state index contributed by atoms with van der Waals surface area (Å²) in [5.41, 5.74) is 6.13. The van der Waals surface area contributed by atoms with Crippen molar-refractivity contribution >= 4 is 11.3 Å². The lowest BCUT2D eigenvalue weighted by molar-refractivity contribution is 0.156. The number of ether oxygens (including phenoxy) is 1. The van der Waals surface area contributed by atoms with E-state index in [-0.39, 0.29) is 11.5 Å². The summed E-state index contributed by atoms with van der Waals surface area (Å²) in [5.74, 6) is 0. The molecule has 1 aliphatic rings. The van der Waals surface area contributed by atoms with Crippen LogP contribution in [0.2, 0.25) is 0 Å². The Balaban J connectivity index is 1.92.